The SMILES string of the molecule is CC(F)(F)c1cc(C(=O)N/N=C/c2cc(Br)c(O)c(Br)c2)cc(C(F)(F)F)c1. The summed E-state index contributed by atoms with van der Waals surface area (Å²) >= 11 is 6.20. The maximum Gasteiger partial charge on any atom is 0.416 e. The van der Waals surface area contributed by atoms with Gasteiger partial charge < -0.3 is 5.11 Å². The van der Waals surface area contributed by atoms with Gasteiger partial charge in [-0.1, -0.05) is 0 Å². The van der Waals surface area contributed by atoms with Crippen LogP contribution in [0.25, 0.3) is 0 Å². The number of benzene rings is 2. The van der Waals surface area contributed by atoms with Crippen LogP contribution in [0.5, 0.6) is 5.75 Å². The van der Waals surface area contributed by atoms with Gasteiger partial charge >= 0.3 is 6.18 Å². The van der Waals surface area contributed by atoms with Crippen molar-refractivity contribution in [3.8, 4) is 5.75 Å². The molecule has 0 aliphatic rings. The monoisotopic (exact) mass is 528 g/mol. The summed E-state index contributed by atoms with van der Waals surface area (Å²) in [5.74, 6) is -4.72. The molecular formula is C17H11Br2F5N2O2. The minimum Gasteiger partial charge on any atom is -0.506 e. The summed E-state index contributed by atoms with van der Waals surface area (Å²) in [4.78, 5) is 12.1. The summed E-state index contributed by atoms with van der Waals surface area (Å²) in [6.07, 6.45) is -3.74. The first kappa shape index (κ1) is 22.3. The van der Waals surface area contributed by atoms with E-state index in [0.717, 1.165) is 6.21 Å². The van der Waals surface area contributed by atoms with E-state index in [4.69, 9.17) is 0 Å². The molecule has 0 spiro atoms. The number of phenolic OH excluding ortho intramolecular Hbond substituents is 1. The van der Waals surface area contributed by atoms with Gasteiger partial charge in [0.05, 0.1) is 20.7 Å². The molecule has 150 valence electrons. The third-order valence-corrected chi connectivity index (χ3v) is 4.66. The molecule has 0 aromatic heterocycles. The third kappa shape index (κ3) is 5.51. The highest BCUT2D eigenvalue weighted by Crippen LogP contribution is 2.35. The van der Waals surface area contributed by atoms with Crippen molar-refractivity contribution < 1.29 is 31.9 Å². The minimum absolute atomic E-state index is 0.0572. The van der Waals surface area contributed by atoms with E-state index in [9.17, 15) is 31.9 Å². The Labute approximate surface area is 172 Å². The highest BCUT2D eigenvalue weighted by atomic mass is 79.9. The van der Waals surface area contributed by atoms with Gasteiger partial charge in [-0.25, -0.2) is 14.2 Å². The van der Waals surface area contributed by atoms with Crippen molar-refractivity contribution in [1.82, 2.24) is 5.43 Å². The van der Waals surface area contributed by atoms with E-state index in [1.165, 1.54) is 12.1 Å². The van der Waals surface area contributed by atoms with Crippen LogP contribution in [-0.4, -0.2) is 17.2 Å². The molecule has 0 aliphatic heterocycles. The lowest BCUT2D eigenvalue weighted by Crippen LogP contribution is -2.20. The number of aromatic hydroxyl groups is 1. The lowest BCUT2D eigenvalue weighted by Gasteiger charge is -2.15. The Hall–Kier alpha value is -2.01. The molecule has 0 saturated heterocycles. The average Bonchev–Trinajstić information content (AvgIpc) is 2.57. The Bertz CT molecular complexity index is 885. The number of hydrazone groups is 1. The molecule has 28 heavy (non-hydrogen) atoms. The molecule has 2 rings (SSSR count). The van der Waals surface area contributed by atoms with Crippen molar-refractivity contribution in [1.29, 1.82) is 0 Å². The van der Waals surface area contributed by atoms with Crippen LogP contribution < -0.4 is 5.43 Å². The van der Waals surface area contributed by atoms with Crippen LogP contribution in [0.4, 0.5) is 22.0 Å². The van der Waals surface area contributed by atoms with E-state index in [1.807, 2.05) is 5.43 Å². The lowest BCUT2D eigenvalue weighted by atomic mass is 10.0. The second-order valence-corrected chi connectivity index (χ2v) is 7.43. The van der Waals surface area contributed by atoms with E-state index in [0.29, 0.717) is 39.6 Å². The van der Waals surface area contributed by atoms with E-state index < -0.39 is 34.7 Å². The third-order valence-electron chi connectivity index (χ3n) is 3.45. The fourth-order valence-corrected chi connectivity index (χ4v) is 3.29. The van der Waals surface area contributed by atoms with Crippen LogP contribution in [0.3, 0.4) is 0 Å². The highest BCUT2D eigenvalue weighted by Gasteiger charge is 2.35. The van der Waals surface area contributed by atoms with Crippen LogP contribution >= 0.6 is 31.9 Å². The van der Waals surface area contributed by atoms with Crippen molar-refractivity contribution in [2.24, 2.45) is 5.10 Å². The van der Waals surface area contributed by atoms with Gasteiger partial charge in [0.1, 0.15) is 5.75 Å². The Balaban J connectivity index is 2.29. The van der Waals surface area contributed by atoms with E-state index in [1.54, 1.807) is 0 Å². The summed E-state index contributed by atoms with van der Waals surface area (Å²) in [5, 5.41) is 13.2. The number of nitrogens with one attached hydrogen (secondary N) is 1. The molecular weight excluding hydrogens is 519 g/mol. The quantitative estimate of drug-likeness (QED) is 0.298. The molecule has 2 aromatic carbocycles. The second-order valence-electron chi connectivity index (χ2n) is 5.72. The summed E-state index contributed by atoms with van der Waals surface area (Å²) in [7, 11) is 0. The number of phenols is 1. The molecule has 0 aliphatic carbocycles. The first-order valence-corrected chi connectivity index (χ1v) is 8.99. The molecule has 0 fully saturated rings. The summed E-state index contributed by atoms with van der Waals surface area (Å²) < 4.78 is 66.5. The molecule has 2 N–H and O–H groups in total. The standard InChI is InChI=1S/C17H11Br2F5N2O2/c1-16(20,21)10-4-9(5-11(6-10)17(22,23)24)15(28)26-25-7-8-2-12(18)14(27)13(19)3-8/h2-7,27H,1H3,(H,26,28)/b25-7+. The van der Waals surface area contributed by atoms with Crippen molar-refractivity contribution in [2.45, 2.75) is 19.0 Å². The molecule has 0 unspecified atom stereocenters. The lowest BCUT2D eigenvalue weighted by molar-refractivity contribution is -0.137. The molecule has 0 heterocycles. The molecule has 0 radical (unpaired) electrons. The molecule has 1 amide bonds. The topological polar surface area (TPSA) is 61.7 Å². The zero-order valence-corrected chi connectivity index (χ0v) is 17.1. The Morgan fingerprint density at radius 1 is 1.04 bits per heavy atom. The minimum atomic E-state index is -4.90. The van der Waals surface area contributed by atoms with Crippen LogP contribution in [0.1, 0.15) is 34.0 Å². The summed E-state index contributed by atoms with van der Waals surface area (Å²) in [6, 6.07) is 4.37. The van der Waals surface area contributed by atoms with Gasteiger partial charge in [-0.05, 0) is 67.8 Å². The van der Waals surface area contributed by atoms with Crippen molar-refractivity contribution in [2.75, 3.05) is 0 Å². The second kappa shape index (κ2) is 8.16. The number of alkyl halides is 5. The molecule has 4 nitrogen and oxygen atoms in total. The summed E-state index contributed by atoms with van der Waals surface area (Å²) in [5.41, 5.74) is -0.509. The van der Waals surface area contributed by atoms with Crippen LogP contribution in [0.15, 0.2) is 44.4 Å². The normalized spacial score (nSPS) is 12.4. The number of nitrogens with zero attached hydrogens (tertiary/aromatic N) is 1. The van der Waals surface area contributed by atoms with Gasteiger partial charge in [-0.2, -0.15) is 18.3 Å². The van der Waals surface area contributed by atoms with E-state index in [-0.39, 0.29) is 5.75 Å². The largest absolute Gasteiger partial charge is 0.506 e. The van der Waals surface area contributed by atoms with Crippen molar-refractivity contribution in [3.63, 3.8) is 0 Å². The number of amides is 1. The van der Waals surface area contributed by atoms with Gasteiger partial charge in [0.2, 0.25) is 0 Å². The van der Waals surface area contributed by atoms with Crippen molar-refractivity contribution >= 4 is 44.0 Å². The van der Waals surface area contributed by atoms with Crippen LogP contribution in [0.2, 0.25) is 0 Å². The van der Waals surface area contributed by atoms with Gasteiger partial charge in [0, 0.05) is 18.1 Å². The predicted molar refractivity (Wildman–Crippen MR) is 99.6 cm³/mol. The maximum atomic E-state index is 13.5. The van der Waals surface area contributed by atoms with Gasteiger partial charge in [0.25, 0.3) is 11.8 Å². The Morgan fingerprint density at radius 3 is 2.07 bits per heavy atom. The first-order chi connectivity index (χ1) is 12.8. The zero-order chi connectivity index (χ0) is 21.3. The summed E-state index contributed by atoms with van der Waals surface area (Å²) in [6.45, 7) is 0.433. The van der Waals surface area contributed by atoms with E-state index >= 15 is 0 Å². The molecule has 0 saturated carbocycles. The number of carbonyl (C=O) groups excluding carboxylic acids is 1. The molecule has 11 heteroatoms. The zero-order valence-electron chi connectivity index (χ0n) is 13.9. The van der Waals surface area contributed by atoms with Gasteiger partial charge in [-0.15, -0.1) is 0 Å². The number of rotatable bonds is 4. The fraction of sp³-hybridized carbons (Fsp3) is 0.176. The smallest absolute Gasteiger partial charge is 0.416 e. The van der Waals surface area contributed by atoms with Gasteiger partial charge in [-0.3, -0.25) is 4.79 Å². The highest BCUT2D eigenvalue weighted by molar-refractivity contribution is 9.11. The Morgan fingerprint density at radius 2 is 1.57 bits per heavy atom. The Kier molecular flexibility index (Phi) is 6.49. The van der Waals surface area contributed by atoms with Crippen LogP contribution in [0, 0.1) is 0 Å². The maximum absolute atomic E-state index is 13.5. The first-order valence-electron chi connectivity index (χ1n) is 7.41. The fourth-order valence-electron chi connectivity index (χ4n) is 2.07. The van der Waals surface area contributed by atoms with Gasteiger partial charge in [0.15, 0.2) is 0 Å². The number of hydrogen-bond donors (Lipinski definition) is 2. The molecule has 2 aromatic rings. The number of halogens is 7. The van der Waals surface area contributed by atoms with Crippen LogP contribution in [-0.2, 0) is 12.1 Å². The number of carbonyl (C=O) groups is 1. The van der Waals surface area contributed by atoms with E-state index in [2.05, 4.69) is 37.0 Å². The average molecular weight is 530 g/mol. The molecule has 0 bridgehead atoms. The predicted octanol–water partition coefficient (Wildman–Crippen LogP) is 5.81. The number of hydrogen-bond acceptors (Lipinski definition) is 3. The molecule has 0 atom stereocenters. The van der Waals surface area contributed by atoms with Crippen molar-refractivity contribution in [3.05, 3.63) is 61.5 Å².